The van der Waals surface area contributed by atoms with Crippen molar-refractivity contribution in [3.05, 3.63) is 130 Å². The summed E-state index contributed by atoms with van der Waals surface area (Å²) in [5.74, 6) is -0.778. The van der Waals surface area contributed by atoms with Crippen molar-refractivity contribution in [1.29, 1.82) is 0 Å². The third-order valence-corrected chi connectivity index (χ3v) is 9.75. The van der Waals surface area contributed by atoms with Gasteiger partial charge in [0, 0.05) is 23.5 Å². The summed E-state index contributed by atoms with van der Waals surface area (Å²) in [6.45, 7) is 5.51. The fourth-order valence-corrected chi connectivity index (χ4v) is 6.56. The summed E-state index contributed by atoms with van der Waals surface area (Å²) in [7, 11) is -4.13. The molecule has 0 aliphatic rings. The van der Waals surface area contributed by atoms with E-state index in [-0.39, 0.29) is 29.8 Å². The lowest BCUT2D eigenvalue weighted by molar-refractivity contribution is -0.140. The van der Waals surface area contributed by atoms with Gasteiger partial charge in [-0.15, -0.1) is 0 Å². The van der Waals surface area contributed by atoms with E-state index in [2.05, 4.69) is 21.2 Å². The summed E-state index contributed by atoms with van der Waals surface area (Å²) >= 11 is 3.41. The second-order valence-electron chi connectivity index (χ2n) is 10.8. The number of benzene rings is 4. The van der Waals surface area contributed by atoms with E-state index in [4.69, 9.17) is 0 Å². The van der Waals surface area contributed by atoms with Gasteiger partial charge in [-0.2, -0.15) is 0 Å². The van der Waals surface area contributed by atoms with Crippen LogP contribution in [0.4, 0.5) is 5.69 Å². The van der Waals surface area contributed by atoms with Crippen LogP contribution < -0.4 is 9.62 Å². The van der Waals surface area contributed by atoms with Crippen molar-refractivity contribution in [1.82, 2.24) is 10.2 Å². The van der Waals surface area contributed by atoms with Gasteiger partial charge in [0.25, 0.3) is 10.0 Å². The van der Waals surface area contributed by atoms with Gasteiger partial charge < -0.3 is 10.2 Å². The summed E-state index contributed by atoms with van der Waals surface area (Å²) in [6.07, 6.45) is 0.993. The highest BCUT2D eigenvalue weighted by Crippen LogP contribution is 2.26. The maximum absolute atomic E-state index is 14.5. The lowest BCUT2D eigenvalue weighted by atomic mass is 10.0. The fourth-order valence-electron chi connectivity index (χ4n) is 4.86. The van der Waals surface area contributed by atoms with E-state index in [0.29, 0.717) is 5.69 Å². The van der Waals surface area contributed by atoms with Crippen LogP contribution in [0.5, 0.6) is 0 Å². The van der Waals surface area contributed by atoms with E-state index in [9.17, 15) is 18.0 Å². The number of amides is 2. The normalized spacial score (nSPS) is 12.6. The van der Waals surface area contributed by atoms with E-state index >= 15 is 0 Å². The van der Waals surface area contributed by atoms with Gasteiger partial charge in [-0.05, 0) is 67.8 Å². The van der Waals surface area contributed by atoms with E-state index < -0.39 is 28.5 Å². The Morgan fingerprint density at radius 1 is 0.841 bits per heavy atom. The number of sulfonamides is 1. The van der Waals surface area contributed by atoms with Crippen LogP contribution in [0, 0.1) is 6.92 Å². The predicted octanol–water partition coefficient (Wildman–Crippen LogP) is 6.51. The minimum absolute atomic E-state index is 0.0660. The molecule has 4 aromatic rings. The molecule has 0 aliphatic carbocycles. The maximum atomic E-state index is 14.5. The molecule has 9 heteroatoms. The van der Waals surface area contributed by atoms with Crippen molar-refractivity contribution in [3.63, 3.8) is 0 Å². The Morgan fingerprint density at radius 2 is 1.45 bits per heavy atom. The third-order valence-electron chi connectivity index (χ3n) is 7.43. The van der Waals surface area contributed by atoms with Crippen LogP contribution in [0.25, 0.3) is 0 Å². The average molecular weight is 677 g/mol. The summed E-state index contributed by atoms with van der Waals surface area (Å²) < 4.78 is 29.9. The molecule has 2 amide bonds. The number of anilines is 1. The molecule has 0 saturated heterocycles. The first-order valence-electron chi connectivity index (χ1n) is 14.6. The van der Waals surface area contributed by atoms with Crippen molar-refractivity contribution in [2.75, 3.05) is 10.8 Å². The van der Waals surface area contributed by atoms with Gasteiger partial charge in [0.05, 0.1) is 10.6 Å². The number of carbonyl (C=O) groups excluding carboxylic acids is 2. The molecule has 2 atom stereocenters. The first kappa shape index (κ1) is 33.0. The van der Waals surface area contributed by atoms with Gasteiger partial charge in [0.15, 0.2) is 0 Å². The molecule has 0 unspecified atom stereocenters. The molecule has 44 heavy (non-hydrogen) atoms. The Hall–Kier alpha value is -3.95. The molecule has 0 fully saturated rings. The van der Waals surface area contributed by atoms with Crippen molar-refractivity contribution in [3.8, 4) is 0 Å². The minimum Gasteiger partial charge on any atom is -0.352 e. The van der Waals surface area contributed by atoms with Crippen LogP contribution in [0.15, 0.2) is 119 Å². The quantitative estimate of drug-likeness (QED) is 0.175. The van der Waals surface area contributed by atoms with Crippen LogP contribution in [-0.2, 0) is 32.6 Å². The first-order valence-corrected chi connectivity index (χ1v) is 16.8. The zero-order valence-electron chi connectivity index (χ0n) is 25.2. The van der Waals surface area contributed by atoms with Crippen LogP contribution in [0.2, 0.25) is 0 Å². The van der Waals surface area contributed by atoms with Gasteiger partial charge >= 0.3 is 0 Å². The summed E-state index contributed by atoms with van der Waals surface area (Å²) in [4.78, 5) is 30.0. The van der Waals surface area contributed by atoms with E-state index in [0.717, 1.165) is 31.9 Å². The van der Waals surface area contributed by atoms with Crippen molar-refractivity contribution in [2.24, 2.45) is 0 Å². The maximum Gasteiger partial charge on any atom is 0.264 e. The molecule has 0 aromatic heterocycles. The third kappa shape index (κ3) is 8.57. The SMILES string of the molecule is CC[C@@H](C)NC(=O)[C@@H](Cc1ccccc1)N(Cc1cccc(C)c1)C(=O)CN(c1ccc(Br)cc1)S(=O)(=O)c1ccccc1. The monoisotopic (exact) mass is 675 g/mol. The molecule has 0 radical (unpaired) electrons. The van der Waals surface area contributed by atoms with Gasteiger partial charge in [-0.3, -0.25) is 13.9 Å². The molecule has 4 aromatic carbocycles. The lowest BCUT2D eigenvalue weighted by Gasteiger charge is -2.34. The number of hydrogen-bond acceptors (Lipinski definition) is 4. The van der Waals surface area contributed by atoms with Gasteiger partial charge in [-0.1, -0.05) is 101 Å². The van der Waals surface area contributed by atoms with Crippen molar-refractivity contribution in [2.45, 2.75) is 57.1 Å². The summed E-state index contributed by atoms with van der Waals surface area (Å²) in [6, 6.07) is 31.1. The Bertz CT molecular complexity index is 1650. The van der Waals surface area contributed by atoms with E-state index in [1.54, 1.807) is 42.5 Å². The zero-order chi connectivity index (χ0) is 31.7. The predicted molar refractivity (Wildman–Crippen MR) is 179 cm³/mol. The smallest absolute Gasteiger partial charge is 0.264 e. The highest BCUT2D eigenvalue weighted by molar-refractivity contribution is 9.10. The molecule has 0 aliphatic heterocycles. The minimum atomic E-state index is -4.13. The molecule has 0 bridgehead atoms. The Morgan fingerprint density at radius 3 is 2.07 bits per heavy atom. The summed E-state index contributed by atoms with van der Waals surface area (Å²) in [5.41, 5.74) is 3.08. The second-order valence-corrected chi connectivity index (χ2v) is 13.6. The Balaban J connectivity index is 1.80. The number of nitrogens with zero attached hydrogens (tertiary/aromatic N) is 2. The molecule has 1 N–H and O–H groups in total. The van der Waals surface area contributed by atoms with Crippen molar-refractivity contribution >= 4 is 43.5 Å². The summed E-state index contributed by atoms with van der Waals surface area (Å²) in [5, 5.41) is 3.06. The molecular formula is C35H38BrN3O4S. The number of hydrogen-bond donors (Lipinski definition) is 1. The molecule has 0 heterocycles. The van der Waals surface area contributed by atoms with Crippen LogP contribution in [0.1, 0.15) is 37.0 Å². The standard InChI is InChI=1S/C35H38BrN3O4S/c1-4-27(3)37-35(41)33(23-28-13-7-5-8-14-28)38(24-29-15-11-12-26(2)22-29)34(40)25-39(31-20-18-30(36)19-21-31)44(42,43)32-16-9-6-10-17-32/h5-22,27,33H,4,23-25H2,1-3H3,(H,37,41)/t27-,33-/m1/s1. The number of nitrogens with one attached hydrogen (secondary N) is 1. The second kappa shape index (κ2) is 15.2. The topological polar surface area (TPSA) is 86.8 Å². The number of rotatable bonds is 13. The van der Waals surface area contributed by atoms with Crippen molar-refractivity contribution < 1.29 is 18.0 Å². The number of halogens is 1. The van der Waals surface area contributed by atoms with Crippen LogP contribution in [0.3, 0.4) is 0 Å². The van der Waals surface area contributed by atoms with Crippen LogP contribution >= 0.6 is 15.9 Å². The number of aryl methyl sites for hydroxylation is 1. The van der Waals surface area contributed by atoms with Gasteiger partial charge in [0.2, 0.25) is 11.8 Å². The highest BCUT2D eigenvalue weighted by Gasteiger charge is 2.35. The zero-order valence-corrected chi connectivity index (χ0v) is 27.6. The van der Waals surface area contributed by atoms with E-state index in [1.165, 1.54) is 17.0 Å². The van der Waals surface area contributed by atoms with Gasteiger partial charge in [0.1, 0.15) is 12.6 Å². The molecule has 230 valence electrons. The molecular weight excluding hydrogens is 638 g/mol. The Labute approximate surface area is 269 Å². The average Bonchev–Trinajstić information content (AvgIpc) is 3.02. The first-order chi connectivity index (χ1) is 21.1. The molecule has 0 spiro atoms. The largest absolute Gasteiger partial charge is 0.352 e. The molecule has 4 rings (SSSR count). The Kier molecular flexibility index (Phi) is 11.4. The van der Waals surface area contributed by atoms with Crippen LogP contribution in [-0.4, -0.2) is 43.8 Å². The van der Waals surface area contributed by atoms with Gasteiger partial charge in [-0.25, -0.2) is 8.42 Å². The fraction of sp³-hybridized carbons (Fsp3) is 0.257. The molecule has 0 saturated carbocycles. The highest BCUT2D eigenvalue weighted by atomic mass is 79.9. The lowest BCUT2D eigenvalue weighted by Crippen LogP contribution is -2.54. The number of carbonyl (C=O) groups is 2. The van der Waals surface area contributed by atoms with E-state index in [1.807, 2.05) is 75.4 Å². The molecule has 7 nitrogen and oxygen atoms in total.